The van der Waals surface area contributed by atoms with Gasteiger partial charge in [0, 0.05) is 19.2 Å². The van der Waals surface area contributed by atoms with Crippen LogP contribution in [0, 0.1) is 11.6 Å². The number of nitrogens with zero attached hydrogens (tertiary/aromatic N) is 3. The van der Waals surface area contributed by atoms with Gasteiger partial charge in [0.15, 0.2) is 11.6 Å². The Labute approximate surface area is 121 Å². The van der Waals surface area contributed by atoms with E-state index in [0.717, 1.165) is 25.2 Å². The first-order valence-electron chi connectivity index (χ1n) is 6.64. The molecule has 0 aliphatic carbocycles. The van der Waals surface area contributed by atoms with E-state index in [-0.39, 0.29) is 11.5 Å². The van der Waals surface area contributed by atoms with E-state index >= 15 is 0 Å². The minimum atomic E-state index is -0.711. The Bertz CT molecular complexity index is 629. The first-order chi connectivity index (χ1) is 10.1. The predicted molar refractivity (Wildman–Crippen MR) is 79.6 cm³/mol. The average molecular weight is 293 g/mol. The summed E-state index contributed by atoms with van der Waals surface area (Å²) in [6.45, 7) is 5.44. The number of nitrogens with two attached hydrogens (primary N) is 1. The Balaban J connectivity index is 2.34. The smallest absolute Gasteiger partial charge is 0.159 e. The third kappa shape index (κ3) is 3.18. The highest BCUT2D eigenvalue weighted by atomic mass is 19.1. The van der Waals surface area contributed by atoms with Crippen LogP contribution in [0.5, 0.6) is 0 Å². The Morgan fingerprint density at radius 2 is 1.90 bits per heavy atom. The summed E-state index contributed by atoms with van der Waals surface area (Å²) in [5, 5.41) is 2.77. The highest BCUT2D eigenvalue weighted by Crippen LogP contribution is 2.29. The molecule has 21 heavy (non-hydrogen) atoms. The molecule has 0 fully saturated rings. The highest BCUT2D eigenvalue weighted by molar-refractivity contribution is 5.78. The van der Waals surface area contributed by atoms with Gasteiger partial charge < -0.3 is 16.0 Å². The maximum absolute atomic E-state index is 13.7. The molecule has 0 bridgehead atoms. The lowest BCUT2D eigenvalue weighted by Crippen LogP contribution is -2.24. The summed E-state index contributed by atoms with van der Waals surface area (Å²) < 4.78 is 26.6. The van der Waals surface area contributed by atoms with Gasteiger partial charge in [-0.1, -0.05) is 0 Å². The molecule has 5 nitrogen and oxygen atoms in total. The van der Waals surface area contributed by atoms with Crippen LogP contribution in [0.2, 0.25) is 0 Å². The lowest BCUT2D eigenvalue weighted by Gasteiger charge is -2.22. The van der Waals surface area contributed by atoms with Crippen LogP contribution in [-0.2, 0) is 0 Å². The van der Waals surface area contributed by atoms with Gasteiger partial charge in [0.2, 0.25) is 0 Å². The molecular formula is C14H17F2N5. The Kier molecular flexibility index (Phi) is 4.52. The number of rotatable bonds is 5. The molecule has 0 spiro atoms. The number of halogens is 2. The highest BCUT2D eigenvalue weighted by Gasteiger charge is 2.14. The van der Waals surface area contributed by atoms with Gasteiger partial charge in [0.25, 0.3) is 0 Å². The van der Waals surface area contributed by atoms with E-state index in [1.807, 2.05) is 18.7 Å². The number of hydrogen-bond donors (Lipinski definition) is 2. The van der Waals surface area contributed by atoms with Crippen LogP contribution in [0.15, 0.2) is 24.5 Å². The first-order valence-corrected chi connectivity index (χ1v) is 6.64. The second-order valence-electron chi connectivity index (χ2n) is 4.38. The summed E-state index contributed by atoms with van der Waals surface area (Å²) in [4.78, 5) is 10.1. The second kappa shape index (κ2) is 6.34. The zero-order chi connectivity index (χ0) is 15.4. The van der Waals surface area contributed by atoms with Crippen molar-refractivity contribution in [3.05, 3.63) is 36.2 Å². The maximum atomic E-state index is 13.7. The van der Waals surface area contributed by atoms with Crippen molar-refractivity contribution in [1.29, 1.82) is 0 Å². The Morgan fingerprint density at radius 3 is 2.52 bits per heavy atom. The third-order valence-electron chi connectivity index (χ3n) is 3.11. The van der Waals surface area contributed by atoms with Crippen molar-refractivity contribution in [1.82, 2.24) is 9.97 Å². The fourth-order valence-corrected chi connectivity index (χ4v) is 1.98. The monoisotopic (exact) mass is 293 g/mol. The molecule has 2 rings (SSSR count). The van der Waals surface area contributed by atoms with E-state index < -0.39 is 11.6 Å². The predicted octanol–water partition coefficient (Wildman–Crippen LogP) is 2.93. The van der Waals surface area contributed by atoms with Gasteiger partial charge in [-0.05, 0) is 26.0 Å². The van der Waals surface area contributed by atoms with Crippen LogP contribution in [0.1, 0.15) is 13.8 Å². The summed E-state index contributed by atoms with van der Waals surface area (Å²) in [5.41, 5.74) is 6.47. The molecule has 0 saturated carbocycles. The number of benzene rings is 1. The standard InChI is InChI=1S/C14H17F2N5/c1-3-21(4-2)14-12(17)13(18-8-19-14)20-11-6-5-9(15)7-10(11)16/h5-8H,3-4,17H2,1-2H3,(H,18,19,20). The van der Waals surface area contributed by atoms with Crippen LogP contribution in [0.4, 0.5) is 31.8 Å². The number of anilines is 4. The molecular weight excluding hydrogens is 276 g/mol. The fraction of sp³-hybridized carbons (Fsp3) is 0.286. The first kappa shape index (κ1) is 15.0. The van der Waals surface area contributed by atoms with E-state index in [0.29, 0.717) is 11.5 Å². The molecule has 3 N–H and O–H groups in total. The van der Waals surface area contributed by atoms with Gasteiger partial charge in [-0.3, -0.25) is 0 Å². The van der Waals surface area contributed by atoms with Crippen molar-refractivity contribution < 1.29 is 8.78 Å². The minimum Gasteiger partial charge on any atom is -0.393 e. The Hall–Kier alpha value is -2.44. The molecule has 0 radical (unpaired) electrons. The minimum absolute atomic E-state index is 0.104. The molecule has 0 unspecified atom stereocenters. The number of nitrogens with one attached hydrogen (secondary N) is 1. The van der Waals surface area contributed by atoms with Crippen LogP contribution < -0.4 is 16.0 Å². The molecule has 0 aliphatic heterocycles. The van der Waals surface area contributed by atoms with Gasteiger partial charge >= 0.3 is 0 Å². The van der Waals surface area contributed by atoms with Gasteiger partial charge in [-0.2, -0.15) is 0 Å². The molecule has 0 saturated heterocycles. The number of hydrogen-bond acceptors (Lipinski definition) is 5. The molecule has 0 aliphatic rings. The van der Waals surface area contributed by atoms with Gasteiger partial charge in [0.05, 0.1) is 5.69 Å². The molecule has 7 heteroatoms. The van der Waals surface area contributed by atoms with Crippen molar-refractivity contribution in [3.8, 4) is 0 Å². The number of aromatic nitrogens is 2. The molecule has 0 amide bonds. The molecule has 0 atom stereocenters. The molecule has 112 valence electrons. The van der Waals surface area contributed by atoms with Gasteiger partial charge in [-0.25, -0.2) is 18.7 Å². The van der Waals surface area contributed by atoms with Crippen molar-refractivity contribution in [2.24, 2.45) is 0 Å². The third-order valence-corrected chi connectivity index (χ3v) is 3.11. The van der Waals surface area contributed by atoms with Crippen molar-refractivity contribution in [3.63, 3.8) is 0 Å². The normalized spacial score (nSPS) is 10.5. The van der Waals surface area contributed by atoms with E-state index in [1.54, 1.807) is 0 Å². The molecule has 2 aromatic rings. The Morgan fingerprint density at radius 1 is 1.19 bits per heavy atom. The fourth-order valence-electron chi connectivity index (χ4n) is 1.98. The SMILES string of the molecule is CCN(CC)c1ncnc(Nc2ccc(F)cc2F)c1N. The summed E-state index contributed by atoms with van der Waals surface area (Å²) >= 11 is 0. The zero-order valence-electron chi connectivity index (χ0n) is 11.9. The zero-order valence-corrected chi connectivity index (χ0v) is 11.9. The van der Waals surface area contributed by atoms with Crippen molar-refractivity contribution in [2.75, 3.05) is 29.0 Å². The van der Waals surface area contributed by atoms with E-state index in [4.69, 9.17) is 5.73 Å². The molecule has 1 aromatic carbocycles. The topological polar surface area (TPSA) is 67.1 Å². The summed E-state index contributed by atoms with van der Waals surface area (Å²) in [6, 6.07) is 3.25. The summed E-state index contributed by atoms with van der Waals surface area (Å²) in [7, 11) is 0. The van der Waals surface area contributed by atoms with E-state index in [1.165, 1.54) is 12.4 Å². The van der Waals surface area contributed by atoms with E-state index in [2.05, 4.69) is 15.3 Å². The second-order valence-corrected chi connectivity index (χ2v) is 4.38. The maximum Gasteiger partial charge on any atom is 0.159 e. The van der Waals surface area contributed by atoms with Crippen molar-refractivity contribution >= 4 is 23.0 Å². The largest absolute Gasteiger partial charge is 0.393 e. The van der Waals surface area contributed by atoms with Crippen LogP contribution in [0.25, 0.3) is 0 Å². The van der Waals surface area contributed by atoms with Gasteiger partial charge in [-0.15, -0.1) is 0 Å². The molecule has 1 heterocycles. The van der Waals surface area contributed by atoms with Crippen LogP contribution in [0.3, 0.4) is 0 Å². The van der Waals surface area contributed by atoms with Crippen molar-refractivity contribution in [2.45, 2.75) is 13.8 Å². The number of nitrogen functional groups attached to an aromatic ring is 1. The van der Waals surface area contributed by atoms with Gasteiger partial charge in [0.1, 0.15) is 23.6 Å². The van der Waals surface area contributed by atoms with Crippen LogP contribution >= 0.6 is 0 Å². The average Bonchev–Trinajstić information content (AvgIpc) is 2.46. The van der Waals surface area contributed by atoms with E-state index in [9.17, 15) is 8.78 Å². The lowest BCUT2D eigenvalue weighted by atomic mass is 10.3. The summed E-state index contributed by atoms with van der Waals surface area (Å²) in [6.07, 6.45) is 1.35. The quantitative estimate of drug-likeness (QED) is 0.887. The van der Waals surface area contributed by atoms with Crippen LogP contribution in [-0.4, -0.2) is 23.1 Å². The summed E-state index contributed by atoms with van der Waals surface area (Å²) in [5.74, 6) is -0.479. The molecule has 1 aromatic heterocycles. The lowest BCUT2D eigenvalue weighted by molar-refractivity contribution is 0.586.